The van der Waals surface area contributed by atoms with Gasteiger partial charge in [0.2, 0.25) is 15.9 Å². The van der Waals surface area contributed by atoms with Gasteiger partial charge in [-0.3, -0.25) is 13.9 Å². The molecule has 3 rings (SSSR count). The number of nitrogens with zero attached hydrogens (tertiary/aromatic N) is 1. The minimum absolute atomic E-state index is 0.152. The van der Waals surface area contributed by atoms with Gasteiger partial charge in [0.1, 0.15) is 0 Å². The molecule has 0 atom stereocenters. The first-order valence-corrected chi connectivity index (χ1v) is 11.7. The van der Waals surface area contributed by atoms with E-state index in [4.69, 9.17) is 5.73 Å². The van der Waals surface area contributed by atoms with Crippen molar-refractivity contribution in [3.05, 3.63) is 94.5 Å². The molecule has 3 aromatic rings. The van der Waals surface area contributed by atoms with Crippen LogP contribution in [0.15, 0.2) is 66.7 Å². The van der Waals surface area contributed by atoms with E-state index in [2.05, 4.69) is 5.32 Å². The Morgan fingerprint density at radius 1 is 0.906 bits per heavy atom. The van der Waals surface area contributed by atoms with Crippen molar-refractivity contribution in [1.82, 2.24) is 0 Å². The van der Waals surface area contributed by atoms with E-state index in [1.54, 1.807) is 36.4 Å². The Labute approximate surface area is 187 Å². The maximum atomic E-state index is 12.5. The number of nitrogens with one attached hydrogen (secondary N) is 1. The summed E-state index contributed by atoms with van der Waals surface area (Å²) >= 11 is 0. The fourth-order valence-electron chi connectivity index (χ4n) is 3.22. The largest absolute Gasteiger partial charge is 0.366 e. The highest BCUT2D eigenvalue weighted by Gasteiger charge is 2.20. The van der Waals surface area contributed by atoms with E-state index in [0.29, 0.717) is 22.5 Å². The van der Waals surface area contributed by atoms with E-state index in [1.165, 1.54) is 22.7 Å². The highest BCUT2D eigenvalue weighted by atomic mass is 32.2. The zero-order valence-corrected chi connectivity index (χ0v) is 18.9. The van der Waals surface area contributed by atoms with Crippen molar-refractivity contribution in [3.8, 4) is 0 Å². The van der Waals surface area contributed by atoms with Crippen LogP contribution in [0, 0.1) is 13.8 Å². The van der Waals surface area contributed by atoms with E-state index >= 15 is 0 Å². The van der Waals surface area contributed by atoms with Crippen LogP contribution in [0.25, 0.3) is 0 Å². The Bertz CT molecular complexity index is 1250. The van der Waals surface area contributed by atoms with E-state index in [1.807, 2.05) is 32.0 Å². The van der Waals surface area contributed by atoms with Gasteiger partial charge in [0, 0.05) is 16.8 Å². The number of sulfonamides is 1. The SMILES string of the molecule is Cc1ccc(C)c(N(Cc2ccc(C(=O)Nc3ccc(C(N)=O)cc3)cc2)S(C)(=O)=O)c1. The Morgan fingerprint density at radius 2 is 1.50 bits per heavy atom. The van der Waals surface area contributed by atoms with Gasteiger partial charge in [0.05, 0.1) is 18.5 Å². The second-order valence-electron chi connectivity index (χ2n) is 7.65. The number of carbonyl (C=O) groups excluding carboxylic acids is 2. The lowest BCUT2D eigenvalue weighted by atomic mass is 10.1. The molecule has 0 bridgehead atoms. The van der Waals surface area contributed by atoms with Gasteiger partial charge in [0.25, 0.3) is 5.91 Å². The van der Waals surface area contributed by atoms with Crippen LogP contribution in [0.4, 0.5) is 11.4 Å². The van der Waals surface area contributed by atoms with Crippen molar-refractivity contribution in [2.24, 2.45) is 5.73 Å². The fraction of sp³-hybridized carbons (Fsp3) is 0.167. The second-order valence-corrected chi connectivity index (χ2v) is 9.56. The smallest absolute Gasteiger partial charge is 0.255 e. The number of benzene rings is 3. The van der Waals surface area contributed by atoms with Crippen LogP contribution >= 0.6 is 0 Å². The Hall–Kier alpha value is -3.65. The first-order chi connectivity index (χ1) is 15.0. The predicted molar refractivity (Wildman–Crippen MR) is 126 cm³/mol. The van der Waals surface area contributed by atoms with Gasteiger partial charge >= 0.3 is 0 Å². The molecule has 0 heterocycles. The van der Waals surface area contributed by atoms with Gasteiger partial charge in [-0.15, -0.1) is 0 Å². The third-order valence-corrected chi connectivity index (χ3v) is 6.13. The minimum atomic E-state index is -3.51. The minimum Gasteiger partial charge on any atom is -0.366 e. The van der Waals surface area contributed by atoms with Crippen molar-refractivity contribution < 1.29 is 18.0 Å². The Kier molecular flexibility index (Phi) is 6.64. The molecule has 0 radical (unpaired) electrons. The molecule has 0 spiro atoms. The van der Waals surface area contributed by atoms with Gasteiger partial charge < -0.3 is 11.1 Å². The topological polar surface area (TPSA) is 110 Å². The lowest BCUT2D eigenvalue weighted by molar-refractivity contribution is 0.0998. The molecule has 0 saturated carbocycles. The first kappa shape index (κ1) is 23.0. The van der Waals surface area contributed by atoms with Crippen LogP contribution in [-0.2, 0) is 16.6 Å². The van der Waals surface area contributed by atoms with E-state index in [9.17, 15) is 18.0 Å². The summed E-state index contributed by atoms with van der Waals surface area (Å²) in [5.74, 6) is -0.861. The predicted octanol–water partition coefficient (Wildman–Crippen LogP) is 3.62. The van der Waals surface area contributed by atoms with Crippen LogP contribution in [0.5, 0.6) is 0 Å². The molecule has 3 aromatic carbocycles. The van der Waals surface area contributed by atoms with Gasteiger partial charge in [-0.1, -0.05) is 24.3 Å². The molecule has 0 aliphatic heterocycles. The monoisotopic (exact) mass is 451 g/mol. The summed E-state index contributed by atoms with van der Waals surface area (Å²) in [5.41, 5.74) is 9.73. The number of anilines is 2. The highest BCUT2D eigenvalue weighted by Crippen LogP contribution is 2.26. The zero-order valence-electron chi connectivity index (χ0n) is 18.1. The molecule has 0 aromatic heterocycles. The summed E-state index contributed by atoms with van der Waals surface area (Å²) in [6.07, 6.45) is 1.18. The molecule has 3 N–H and O–H groups in total. The van der Waals surface area contributed by atoms with Crippen LogP contribution in [0.3, 0.4) is 0 Å². The van der Waals surface area contributed by atoms with Crippen LogP contribution in [0.2, 0.25) is 0 Å². The number of aryl methyl sites for hydroxylation is 2. The summed E-state index contributed by atoms with van der Waals surface area (Å²) in [7, 11) is -3.51. The van der Waals surface area contributed by atoms with Crippen LogP contribution in [-0.4, -0.2) is 26.5 Å². The van der Waals surface area contributed by atoms with Gasteiger partial charge in [-0.05, 0) is 73.0 Å². The summed E-state index contributed by atoms with van der Waals surface area (Å²) < 4.78 is 26.3. The summed E-state index contributed by atoms with van der Waals surface area (Å²) in [6.45, 7) is 3.94. The summed E-state index contributed by atoms with van der Waals surface area (Å²) in [6, 6.07) is 18.7. The molecule has 0 unspecified atom stereocenters. The number of primary amides is 1. The standard InChI is InChI=1S/C24H25N3O4S/c1-16-4-5-17(2)22(14-16)27(32(3,30)31)15-18-6-8-20(9-7-18)24(29)26-21-12-10-19(11-13-21)23(25)28/h4-14H,15H2,1-3H3,(H2,25,28)(H,26,29). The van der Waals surface area contributed by atoms with Crippen molar-refractivity contribution in [1.29, 1.82) is 0 Å². The molecule has 0 aliphatic carbocycles. The molecule has 0 fully saturated rings. The Morgan fingerprint density at radius 3 is 2.06 bits per heavy atom. The number of nitrogens with two attached hydrogens (primary N) is 1. The zero-order chi connectivity index (χ0) is 23.5. The molecular weight excluding hydrogens is 426 g/mol. The Balaban J connectivity index is 1.77. The average Bonchev–Trinajstić information content (AvgIpc) is 2.74. The third-order valence-electron chi connectivity index (χ3n) is 5.00. The number of hydrogen-bond donors (Lipinski definition) is 2. The van der Waals surface area contributed by atoms with Gasteiger partial charge in [-0.25, -0.2) is 8.42 Å². The lowest BCUT2D eigenvalue weighted by Gasteiger charge is -2.25. The second kappa shape index (κ2) is 9.23. The third kappa shape index (κ3) is 5.53. The molecule has 2 amide bonds. The number of rotatable bonds is 7. The highest BCUT2D eigenvalue weighted by molar-refractivity contribution is 7.92. The molecule has 0 aliphatic rings. The molecule has 7 nitrogen and oxygen atoms in total. The van der Waals surface area contributed by atoms with Gasteiger partial charge in [0.15, 0.2) is 0 Å². The molecule has 0 saturated heterocycles. The van der Waals surface area contributed by atoms with Crippen molar-refractivity contribution in [2.45, 2.75) is 20.4 Å². The van der Waals surface area contributed by atoms with Crippen molar-refractivity contribution >= 4 is 33.2 Å². The number of hydrogen-bond acceptors (Lipinski definition) is 4. The fourth-order valence-corrected chi connectivity index (χ4v) is 4.16. The van der Waals surface area contributed by atoms with Crippen LogP contribution < -0.4 is 15.4 Å². The number of amides is 2. The maximum absolute atomic E-state index is 12.5. The van der Waals surface area contributed by atoms with E-state index in [0.717, 1.165) is 16.7 Å². The molecule has 166 valence electrons. The first-order valence-electron chi connectivity index (χ1n) is 9.90. The van der Waals surface area contributed by atoms with E-state index < -0.39 is 15.9 Å². The quantitative estimate of drug-likeness (QED) is 0.572. The molecule has 32 heavy (non-hydrogen) atoms. The van der Waals surface area contributed by atoms with Gasteiger partial charge in [-0.2, -0.15) is 0 Å². The van der Waals surface area contributed by atoms with Crippen molar-refractivity contribution in [3.63, 3.8) is 0 Å². The molecule has 8 heteroatoms. The normalized spacial score (nSPS) is 11.1. The summed E-state index contributed by atoms with van der Waals surface area (Å²) in [5, 5.41) is 2.75. The number of carbonyl (C=O) groups is 2. The maximum Gasteiger partial charge on any atom is 0.255 e. The average molecular weight is 452 g/mol. The summed E-state index contributed by atoms with van der Waals surface area (Å²) in [4.78, 5) is 23.7. The van der Waals surface area contributed by atoms with Crippen molar-refractivity contribution in [2.75, 3.05) is 15.9 Å². The lowest BCUT2D eigenvalue weighted by Crippen LogP contribution is -2.30. The van der Waals surface area contributed by atoms with E-state index in [-0.39, 0.29) is 12.5 Å². The molecular formula is C24H25N3O4S. The van der Waals surface area contributed by atoms with Crippen LogP contribution in [0.1, 0.15) is 37.4 Å².